The van der Waals surface area contributed by atoms with Crippen LogP contribution in [0.4, 0.5) is 0 Å². The molecule has 0 aliphatic rings. The molecular weight excluding hydrogens is 342 g/mol. The van der Waals surface area contributed by atoms with Gasteiger partial charge in [0.1, 0.15) is 5.69 Å². The highest BCUT2D eigenvalue weighted by Gasteiger charge is 2.18. The third-order valence-corrected chi connectivity index (χ3v) is 4.18. The second-order valence-corrected chi connectivity index (χ2v) is 5.85. The maximum atomic E-state index is 12.3. The third kappa shape index (κ3) is 2.79. The van der Waals surface area contributed by atoms with Crippen LogP contribution < -0.4 is 0 Å². The van der Waals surface area contributed by atoms with Crippen molar-refractivity contribution in [1.29, 1.82) is 0 Å². The highest BCUT2D eigenvalue weighted by Crippen LogP contribution is 2.28. The summed E-state index contributed by atoms with van der Waals surface area (Å²) < 4.78 is 8.18. The Morgan fingerprint density at radius 1 is 1.14 bits per heavy atom. The first-order valence-corrected chi connectivity index (χ1v) is 7.99. The molecule has 0 saturated carbocycles. The van der Waals surface area contributed by atoms with Gasteiger partial charge in [-0.05, 0) is 40.5 Å². The lowest BCUT2D eigenvalue weighted by molar-refractivity contribution is 0.0515. The second-order valence-electron chi connectivity index (χ2n) is 5.00. The molecule has 0 amide bonds. The van der Waals surface area contributed by atoms with Crippen LogP contribution >= 0.6 is 15.9 Å². The average molecular weight is 358 g/mol. The highest BCUT2D eigenvalue weighted by atomic mass is 79.9. The fourth-order valence-corrected chi connectivity index (χ4v) is 3.18. The van der Waals surface area contributed by atoms with Crippen LogP contribution in [0, 0.1) is 0 Å². The van der Waals surface area contributed by atoms with E-state index in [4.69, 9.17) is 4.74 Å². The first kappa shape index (κ1) is 14.9. The molecule has 0 N–H and O–H groups in total. The van der Waals surface area contributed by atoms with Gasteiger partial charge >= 0.3 is 5.97 Å². The summed E-state index contributed by atoms with van der Waals surface area (Å²) in [4.78, 5) is 12.3. The standard InChI is InChI=1S/C18H16BrNO2/c1-2-22-18(21)16-11-14-9-6-10-15(19)17(14)20(16)12-13-7-4-3-5-8-13/h3-11H,2,12H2,1H3. The Kier molecular flexibility index (Phi) is 4.29. The van der Waals surface area contributed by atoms with E-state index in [1.165, 1.54) is 0 Å². The summed E-state index contributed by atoms with van der Waals surface area (Å²) in [5.41, 5.74) is 2.73. The van der Waals surface area contributed by atoms with Crippen LogP contribution in [0.3, 0.4) is 0 Å². The quantitative estimate of drug-likeness (QED) is 0.637. The van der Waals surface area contributed by atoms with Crippen molar-refractivity contribution >= 4 is 32.8 Å². The van der Waals surface area contributed by atoms with Gasteiger partial charge in [-0.25, -0.2) is 4.79 Å². The van der Waals surface area contributed by atoms with Crippen molar-refractivity contribution in [1.82, 2.24) is 4.57 Å². The van der Waals surface area contributed by atoms with E-state index in [9.17, 15) is 4.79 Å². The van der Waals surface area contributed by atoms with Gasteiger partial charge in [0.15, 0.2) is 0 Å². The van der Waals surface area contributed by atoms with Crippen LogP contribution in [0.1, 0.15) is 23.0 Å². The van der Waals surface area contributed by atoms with E-state index in [1.54, 1.807) is 0 Å². The van der Waals surface area contributed by atoms with Gasteiger partial charge < -0.3 is 9.30 Å². The number of ether oxygens (including phenoxy) is 1. The van der Waals surface area contributed by atoms with Crippen LogP contribution in [0.2, 0.25) is 0 Å². The molecule has 22 heavy (non-hydrogen) atoms. The van der Waals surface area contributed by atoms with Gasteiger partial charge in [0.25, 0.3) is 0 Å². The first-order chi connectivity index (χ1) is 10.7. The minimum atomic E-state index is -0.290. The molecule has 0 unspecified atom stereocenters. The number of para-hydroxylation sites is 1. The number of nitrogens with zero attached hydrogens (tertiary/aromatic N) is 1. The number of aromatic nitrogens is 1. The molecule has 3 nitrogen and oxygen atoms in total. The molecule has 112 valence electrons. The predicted molar refractivity (Wildman–Crippen MR) is 91.1 cm³/mol. The van der Waals surface area contributed by atoms with Gasteiger partial charge in [-0.3, -0.25) is 0 Å². The van der Waals surface area contributed by atoms with Crippen molar-refractivity contribution in [2.75, 3.05) is 6.61 Å². The second kappa shape index (κ2) is 6.36. The molecular formula is C18H16BrNO2. The number of benzene rings is 2. The van der Waals surface area contributed by atoms with Crippen LogP contribution in [-0.2, 0) is 11.3 Å². The normalized spacial score (nSPS) is 10.8. The van der Waals surface area contributed by atoms with Crippen molar-refractivity contribution in [2.24, 2.45) is 0 Å². The van der Waals surface area contributed by atoms with E-state index < -0.39 is 0 Å². The molecule has 2 aromatic carbocycles. The zero-order valence-electron chi connectivity index (χ0n) is 12.3. The van der Waals surface area contributed by atoms with Gasteiger partial charge in [-0.1, -0.05) is 42.5 Å². The number of carbonyl (C=O) groups excluding carboxylic acids is 1. The summed E-state index contributed by atoms with van der Waals surface area (Å²) in [5, 5.41) is 1.02. The van der Waals surface area contributed by atoms with Gasteiger partial charge in [-0.15, -0.1) is 0 Å². The summed E-state index contributed by atoms with van der Waals surface area (Å²) in [7, 11) is 0. The van der Waals surface area contributed by atoms with Gasteiger partial charge in [0, 0.05) is 16.4 Å². The molecule has 1 aromatic heterocycles. The van der Waals surface area contributed by atoms with Gasteiger partial charge in [0.2, 0.25) is 0 Å². The van der Waals surface area contributed by atoms with Gasteiger partial charge in [-0.2, -0.15) is 0 Å². The molecule has 4 heteroatoms. The minimum absolute atomic E-state index is 0.290. The maximum absolute atomic E-state index is 12.3. The SMILES string of the molecule is CCOC(=O)c1cc2cccc(Br)c2n1Cc1ccccc1. The number of hydrogen-bond donors (Lipinski definition) is 0. The van der Waals surface area contributed by atoms with E-state index >= 15 is 0 Å². The maximum Gasteiger partial charge on any atom is 0.354 e. The minimum Gasteiger partial charge on any atom is -0.461 e. The molecule has 1 heterocycles. The number of fused-ring (bicyclic) bond motifs is 1. The van der Waals surface area contributed by atoms with E-state index in [0.717, 1.165) is 20.9 Å². The van der Waals surface area contributed by atoms with E-state index in [0.29, 0.717) is 18.8 Å². The van der Waals surface area contributed by atoms with Gasteiger partial charge in [0.05, 0.1) is 12.1 Å². The van der Waals surface area contributed by atoms with Crippen molar-refractivity contribution in [3.8, 4) is 0 Å². The summed E-state index contributed by atoms with van der Waals surface area (Å²) in [6.07, 6.45) is 0. The monoisotopic (exact) mass is 357 g/mol. The summed E-state index contributed by atoms with van der Waals surface area (Å²) in [6, 6.07) is 17.9. The smallest absolute Gasteiger partial charge is 0.354 e. The topological polar surface area (TPSA) is 31.2 Å². The summed E-state index contributed by atoms with van der Waals surface area (Å²) >= 11 is 3.59. The molecule has 0 aliphatic heterocycles. The Hall–Kier alpha value is -2.07. The Morgan fingerprint density at radius 2 is 1.91 bits per heavy atom. The fraction of sp³-hybridized carbons (Fsp3) is 0.167. The Labute approximate surface area is 137 Å². The molecule has 3 rings (SSSR count). The van der Waals surface area contributed by atoms with Crippen LogP contribution in [0.25, 0.3) is 10.9 Å². The van der Waals surface area contributed by atoms with Crippen molar-refractivity contribution in [3.63, 3.8) is 0 Å². The summed E-state index contributed by atoms with van der Waals surface area (Å²) in [5.74, 6) is -0.290. The van der Waals surface area contributed by atoms with Crippen LogP contribution in [0.15, 0.2) is 59.1 Å². The van der Waals surface area contributed by atoms with Crippen LogP contribution in [0.5, 0.6) is 0 Å². The number of rotatable bonds is 4. The molecule has 0 radical (unpaired) electrons. The predicted octanol–water partition coefficient (Wildman–Crippen LogP) is 4.63. The van der Waals surface area contributed by atoms with Crippen molar-refractivity contribution < 1.29 is 9.53 Å². The van der Waals surface area contributed by atoms with E-state index in [1.807, 2.05) is 54.0 Å². The highest BCUT2D eigenvalue weighted by molar-refractivity contribution is 9.10. The molecule has 0 atom stereocenters. The third-order valence-electron chi connectivity index (χ3n) is 3.54. The number of esters is 1. The number of carbonyl (C=O) groups is 1. The van der Waals surface area contributed by atoms with Crippen molar-refractivity contribution in [2.45, 2.75) is 13.5 Å². The fourth-order valence-electron chi connectivity index (χ4n) is 2.58. The largest absolute Gasteiger partial charge is 0.461 e. The first-order valence-electron chi connectivity index (χ1n) is 7.19. The molecule has 3 aromatic rings. The lowest BCUT2D eigenvalue weighted by Gasteiger charge is -2.11. The lowest BCUT2D eigenvalue weighted by atomic mass is 10.2. The lowest BCUT2D eigenvalue weighted by Crippen LogP contribution is -2.13. The zero-order valence-corrected chi connectivity index (χ0v) is 13.8. The van der Waals surface area contributed by atoms with Crippen LogP contribution in [-0.4, -0.2) is 17.1 Å². The Bertz CT molecular complexity index is 809. The molecule has 0 aliphatic carbocycles. The van der Waals surface area contributed by atoms with E-state index in [-0.39, 0.29) is 5.97 Å². The molecule has 0 fully saturated rings. The Morgan fingerprint density at radius 3 is 2.64 bits per heavy atom. The number of halogens is 1. The van der Waals surface area contributed by atoms with Crippen molar-refractivity contribution in [3.05, 3.63) is 70.3 Å². The van der Waals surface area contributed by atoms with E-state index in [2.05, 4.69) is 28.1 Å². The molecule has 0 bridgehead atoms. The average Bonchev–Trinajstić information content (AvgIpc) is 2.89. The molecule has 0 saturated heterocycles. The number of hydrogen-bond acceptors (Lipinski definition) is 2. The molecule has 0 spiro atoms. The zero-order chi connectivity index (χ0) is 15.5. The Balaban J connectivity index is 2.15. The summed E-state index contributed by atoms with van der Waals surface area (Å²) in [6.45, 7) is 2.81.